The Labute approximate surface area is 260 Å². The van der Waals surface area contributed by atoms with Crippen molar-refractivity contribution in [3.63, 3.8) is 0 Å². The number of benzene rings is 6. The van der Waals surface area contributed by atoms with E-state index in [1.165, 1.54) is 33.0 Å². The fourth-order valence-electron chi connectivity index (χ4n) is 6.34. The van der Waals surface area contributed by atoms with Crippen LogP contribution in [0.15, 0.2) is 152 Å². The molecule has 1 unspecified atom stereocenters. The first-order valence-corrected chi connectivity index (χ1v) is 15.3. The second-order valence-corrected chi connectivity index (χ2v) is 12.2. The number of hydrogen-bond donors (Lipinski definition) is 0. The molecule has 216 valence electrons. The van der Waals surface area contributed by atoms with Gasteiger partial charge < -0.3 is 14.2 Å². The summed E-state index contributed by atoms with van der Waals surface area (Å²) in [6, 6.07) is 53.5. The summed E-state index contributed by atoms with van der Waals surface area (Å²) in [5, 5.41) is 2.46. The van der Waals surface area contributed by atoms with Crippen LogP contribution in [0.3, 0.4) is 0 Å². The van der Waals surface area contributed by atoms with Gasteiger partial charge in [0.25, 0.3) is 0 Å². The lowest BCUT2D eigenvalue weighted by Crippen LogP contribution is -2.52. The van der Waals surface area contributed by atoms with Crippen molar-refractivity contribution in [1.29, 1.82) is 0 Å². The minimum atomic E-state index is -0.650. The molecule has 0 bridgehead atoms. The van der Waals surface area contributed by atoms with Crippen LogP contribution in [0, 0.1) is 0 Å². The number of anilines is 2. The molecule has 0 saturated carbocycles. The summed E-state index contributed by atoms with van der Waals surface area (Å²) >= 11 is 0. The summed E-state index contributed by atoms with van der Waals surface area (Å²) in [6.07, 6.45) is 0. The van der Waals surface area contributed by atoms with E-state index in [1.807, 2.05) is 18.2 Å². The summed E-state index contributed by atoms with van der Waals surface area (Å²) in [5.74, 6) is 0. The Morgan fingerprint density at radius 2 is 1.07 bits per heavy atom. The smallest absolute Gasteiger partial charge is 0.399 e. The van der Waals surface area contributed by atoms with Crippen LogP contribution in [-0.2, 0) is 9.31 Å². The standard InChI is InChI=1S/C40H36BNO2/c1-39(2)40(3,44-41(43-39)32-21-8-5-9-22-32)29-42(37-27-14-12-24-34(37)31-17-6-4-7-18-31)38-28-15-13-25-36(38)35-26-16-20-30-19-10-11-23-33(30)35/h4-28H,29H2,1-3H3. The van der Waals surface area contributed by atoms with Crippen LogP contribution in [0.1, 0.15) is 20.8 Å². The van der Waals surface area contributed by atoms with Crippen molar-refractivity contribution in [3.05, 3.63) is 152 Å². The Balaban J connectivity index is 1.41. The van der Waals surface area contributed by atoms with Gasteiger partial charge in [-0.15, -0.1) is 0 Å². The number of fused-ring (bicyclic) bond motifs is 1. The molecule has 1 fully saturated rings. The molecule has 44 heavy (non-hydrogen) atoms. The molecule has 6 aromatic rings. The van der Waals surface area contributed by atoms with Crippen molar-refractivity contribution in [1.82, 2.24) is 0 Å². The molecule has 0 spiro atoms. The van der Waals surface area contributed by atoms with Crippen LogP contribution in [-0.4, -0.2) is 24.9 Å². The predicted octanol–water partition coefficient (Wildman–Crippen LogP) is 9.29. The van der Waals surface area contributed by atoms with Gasteiger partial charge in [-0.25, -0.2) is 0 Å². The molecule has 1 heterocycles. The fraction of sp³-hybridized carbons (Fsp3) is 0.150. The lowest BCUT2D eigenvalue weighted by molar-refractivity contribution is -0.00178. The Morgan fingerprint density at radius 3 is 1.82 bits per heavy atom. The van der Waals surface area contributed by atoms with E-state index in [0.29, 0.717) is 6.54 Å². The van der Waals surface area contributed by atoms with Gasteiger partial charge in [0.15, 0.2) is 0 Å². The van der Waals surface area contributed by atoms with Crippen molar-refractivity contribution in [3.8, 4) is 22.3 Å². The quantitative estimate of drug-likeness (QED) is 0.178. The van der Waals surface area contributed by atoms with Crippen molar-refractivity contribution < 1.29 is 9.31 Å². The summed E-state index contributed by atoms with van der Waals surface area (Å²) in [7, 11) is -0.448. The SMILES string of the molecule is CC1(C)OB(c2ccccc2)OC1(C)CN(c1ccccc1-c1ccccc1)c1ccccc1-c1cccc2ccccc12. The van der Waals surface area contributed by atoms with Gasteiger partial charge in [-0.2, -0.15) is 0 Å². The predicted molar refractivity (Wildman–Crippen MR) is 185 cm³/mol. The normalized spacial score (nSPS) is 17.6. The molecule has 6 aromatic carbocycles. The van der Waals surface area contributed by atoms with E-state index in [-0.39, 0.29) is 0 Å². The maximum absolute atomic E-state index is 6.92. The Morgan fingerprint density at radius 1 is 0.523 bits per heavy atom. The molecule has 0 aromatic heterocycles. The minimum Gasteiger partial charge on any atom is -0.399 e. The van der Waals surface area contributed by atoms with Crippen LogP contribution >= 0.6 is 0 Å². The van der Waals surface area contributed by atoms with Gasteiger partial charge in [-0.3, -0.25) is 0 Å². The van der Waals surface area contributed by atoms with E-state index in [9.17, 15) is 0 Å². The molecule has 1 aliphatic heterocycles. The van der Waals surface area contributed by atoms with Crippen LogP contribution in [0.4, 0.5) is 11.4 Å². The average Bonchev–Trinajstić information content (AvgIpc) is 3.32. The zero-order valence-electron chi connectivity index (χ0n) is 25.5. The zero-order chi connectivity index (χ0) is 30.1. The minimum absolute atomic E-state index is 0.448. The van der Waals surface area contributed by atoms with Crippen molar-refractivity contribution in [2.24, 2.45) is 0 Å². The van der Waals surface area contributed by atoms with Crippen LogP contribution < -0.4 is 10.4 Å². The second kappa shape index (κ2) is 11.5. The Hall–Kier alpha value is -4.64. The maximum Gasteiger partial charge on any atom is 0.494 e. The first-order chi connectivity index (χ1) is 21.4. The highest BCUT2D eigenvalue weighted by molar-refractivity contribution is 6.62. The van der Waals surface area contributed by atoms with Crippen LogP contribution in [0.5, 0.6) is 0 Å². The zero-order valence-corrected chi connectivity index (χ0v) is 25.5. The van der Waals surface area contributed by atoms with Crippen molar-refractivity contribution in [2.45, 2.75) is 32.0 Å². The van der Waals surface area contributed by atoms with E-state index >= 15 is 0 Å². The van der Waals surface area contributed by atoms with E-state index in [0.717, 1.165) is 16.8 Å². The highest BCUT2D eigenvalue weighted by Crippen LogP contribution is 2.45. The maximum atomic E-state index is 6.92. The first-order valence-electron chi connectivity index (χ1n) is 15.3. The van der Waals surface area contributed by atoms with Gasteiger partial charge in [0, 0.05) is 22.5 Å². The topological polar surface area (TPSA) is 21.7 Å². The molecule has 0 radical (unpaired) electrons. The molecule has 0 N–H and O–H groups in total. The van der Waals surface area contributed by atoms with Crippen molar-refractivity contribution in [2.75, 3.05) is 11.4 Å². The summed E-state index contributed by atoms with van der Waals surface area (Å²) in [6.45, 7) is 7.06. The summed E-state index contributed by atoms with van der Waals surface area (Å²) < 4.78 is 13.6. The molecule has 7 rings (SSSR count). The fourth-order valence-corrected chi connectivity index (χ4v) is 6.34. The van der Waals surface area contributed by atoms with Gasteiger partial charge in [0.2, 0.25) is 0 Å². The van der Waals surface area contributed by atoms with Gasteiger partial charge >= 0.3 is 7.12 Å². The summed E-state index contributed by atoms with van der Waals surface area (Å²) in [4.78, 5) is 2.44. The average molecular weight is 574 g/mol. The molecular formula is C40H36BNO2. The molecule has 1 aliphatic rings. The van der Waals surface area contributed by atoms with Crippen molar-refractivity contribution >= 4 is 34.7 Å². The number of para-hydroxylation sites is 2. The van der Waals surface area contributed by atoms with Gasteiger partial charge in [-0.05, 0) is 60.3 Å². The molecule has 0 amide bonds. The van der Waals surface area contributed by atoms with Gasteiger partial charge in [0.1, 0.15) is 0 Å². The lowest BCUT2D eigenvalue weighted by Gasteiger charge is -2.42. The molecule has 1 atom stereocenters. The number of hydrogen-bond acceptors (Lipinski definition) is 3. The number of rotatable bonds is 7. The molecule has 4 heteroatoms. The molecule has 3 nitrogen and oxygen atoms in total. The van der Waals surface area contributed by atoms with E-state index in [2.05, 4.69) is 159 Å². The van der Waals surface area contributed by atoms with Crippen LogP contribution in [0.25, 0.3) is 33.0 Å². The first kappa shape index (κ1) is 28.2. The Bertz CT molecular complexity index is 1900. The second-order valence-electron chi connectivity index (χ2n) is 12.2. The van der Waals surface area contributed by atoms with Crippen LogP contribution in [0.2, 0.25) is 0 Å². The lowest BCUT2D eigenvalue weighted by atomic mass is 9.79. The van der Waals surface area contributed by atoms with E-state index < -0.39 is 18.3 Å². The van der Waals surface area contributed by atoms with E-state index in [4.69, 9.17) is 9.31 Å². The third-order valence-electron chi connectivity index (χ3n) is 9.13. The van der Waals surface area contributed by atoms with Gasteiger partial charge in [-0.1, -0.05) is 140 Å². The molecular weight excluding hydrogens is 537 g/mol. The van der Waals surface area contributed by atoms with Gasteiger partial charge in [0.05, 0.1) is 17.7 Å². The molecule has 0 aliphatic carbocycles. The number of nitrogens with zero attached hydrogens (tertiary/aromatic N) is 1. The van der Waals surface area contributed by atoms with E-state index in [1.54, 1.807) is 0 Å². The largest absolute Gasteiger partial charge is 0.494 e. The molecule has 1 saturated heterocycles. The monoisotopic (exact) mass is 573 g/mol. The Kier molecular flexibility index (Phi) is 7.33. The third-order valence-corrected chi connectivity index (χ3v) is 9.13. The third kappa shape index (κ3) is 5.11. The highest BCUT2D eigenvalue weighted by atomic mass is 16.7. The highest BCUT2D eigenvalue weighted by Gasteiger charge is 2.55. The summed E-state index contributed by atoms with van der Waals surface area (Å²) in [5.41, 5.74) is 6.77.